The second-order valence-electron chi connectivity index (χ2n) is 3.74. The number of para-hydroxylation sites is 1. The van der Waals surface area contributed by atoms with Gasteiger partial charge in [0, 0.05) is 9.79 Å². The smallest absolute Gasteiger partial charge is 0.0636 e. The SMILES string of the molecule is CONc1ccc2c(c1)Sc1ccccc1N2. The number of nitrogens with one attached hydrogen (secondary N) is 2. The van der Waals surface area contributed by atoms with Crippen molar-refractivity contribution in [2.75, 3.05) is 17.9 Å². The average molecular weight is 244 g/mol. The van der Waals surface area contributed by atoms with E-state index in [0.29, 0.717) is 0 Å². The average Bonchev–Trinajstić information content (AvgIpc) is 2.36. The Hall–Kier alpha value is -1.65. The Balaban J connectivity index is 1.97. The molecule has 0 radical (unpaired) electrons. The van der Waals surface area contributed by atoms with Gasteiger partial charge in [-0.15, -0.1) is 0 Å². The largest absolute Gasteiger partial charge is 0.354 e. The Morgan fingerprint density at radius 1 is 1.06 bits per heavy atom. The first-order chi connectivity index (χ1) is 8.36. The number of rotatable bonds is 2. The molecule has 3 rings (SSSR count). The summed E-state index contributed by atoms with van der Waals surface area (Å²) in [5.41, 5.74) is 6.10. The normalized spacial score (nSPS) is 12.3. The minimum Gasteiger partial charge on any atom is -0.354 e. The molecular weight excluding hydrogens is 232 g/mol. The first-order valence-electron chi connectivity index (χ1n) is 5.34. The lowest BCUT2D eigenvalue weighted by Crippen LogP contribution is -2.01. The van der Waals surface area contributed by atoms with Crippen LogP contribution in [0, 0.1) is 0 Å². The van der Waals surface area contributed by atoms with Crippen molar-refractivity contribution in [1.29, 1.82) is 0 Å². The second-order valence-corrected chi connectivity index (χ2v) is 4.82. The molecule has 0 unspecified atom stereocenters. The van der Waals surface area contributed by atoms with Crippen LogP contribution < -0.4 is 10.8 Å². The summed E-state index contributed by atoms with van der Waals surface area (Å²) in [5.74, 6) is 0. The zero-order valence-corrected chi connectivity index (χ0v) is 10.2. The maximum Gasteiger partial charge on any atom is 0.0636 e. The van der Waals surface area contributed by atoms with E-state index < -0.39 is 0 Å². The van der Waals surface area contributed by atoms with Gasteiger partial charge in [-0.2, -0.15) is 0 Å². The second kappa shape index (κ2) is 4.31. The molecule has 0 saturated heterocycles. The third-order valence-electron chi connectivity index (χ3n) is 2.58. The highest BCUT2D eigenvalue weighted by Gasteiger charge is 2.15. The van der Waals surface area contributed by atoms with Crippen molar-refractivity contribution in [3.63, 3.8) is 0 Å². The van der Waals surface area contributed by atoms with E-state index in [0.717, 1.165) is 17.1 Å². The predicted octanol–water partition coefficient (Wildman–Crippen LogP) is 3.87. The van der Waals surface area contributed by atoms with Gasteiger partial charge in [-0.05, 0) is 30.3 Å². The fraction of sp³-hybridized carbons (Fsp3) is 0.0769. The lowest BCUT2D eigenvalue weighted by atomic mass is 10.2. The molecule has 2 aromatic carbocycles. The van der Waals surface area contributed by atoms with Crippen LogP contribution in [-0.2, 0) is 4.84 Å². The first kappa shape index (κ1) is 10.5. The number of anilines is 3. The highest BCUT2D eigenvalue weighted by Crippen LogP contribution is 2.44. The van der Waals surface area contributed by atoms with Gasteiger partial charge in [0.25, 0.3) is 0 Å². The molecule has 17 heavy (non-hydrogen) atoms. The van der Waals surface area contributed by atoms with Crippen molar-refractivity contribution < 1.29 is 4.84 Å². The summed E-state index contributed by atoms with van der Waals surface area (Å²) in [6.07, 6.45) is 0. The maximum absolute atomic E-state index is 4.91. The number of fused-ring (bicyclic) bond motifs is 2. The first-order valence-corrected chi connectivity index (χ1v) is 6.15. The molecule has 86 valence electrons. The molecule has 0 saturated carbocycles. The minimum absolute atomic E-state index is 0.958. The maximum atomic E-state index is 4.91. The molecule has 0 aliphatic carbocycles. The van der Waals surface area contributed by atoms with Gasteiger partial charge in [-0.1, -0.05) is 23.9 Å². The molecule has 1 aliphatic rings. The number of benzene rings is 2. The molecule has 0 spiro atoms. The van der Waals surface area contributed by atoms with Crippen molar-refractivity contribution in [3.8, 4) is 0 Å². The lowest BCUT2D eigenvalue weighted by molar-refractivity contribution is 0.271. The predicted molar refractivity (Wildman–Crippen MR) is 70.9 cm³/mol. The van der Waals surface area contributed by atoms with Crippen LogP contribution in [0.4, 0.5) is 17.1 Å². The Morgan fingerprint density at radius 3 is 2.76 bits per heavy atom. The Kier molecular flexibility index (Phi) is 2.66. The molecule has 2 N–H and O–H groups in total. The van der Waals surface area contributed by atoms with E-state index >= 15 is 0 Å². The van der Waals surface area contributed by atoms with Crippen LogP contribution in [0.1, 0.15) is 0 Å². The summed E-state index contributed by atoms with van der Waals surface area (Å²) in [5, 5.41) is 3.42. The molecule has 0 amide bonds. The van der Waals surface area contributed by atoms with Crippen molar-refractivity contribution in [2.45, 2.75) is 9.79 Å². The summed E-state index contributed by atoms with van der Waals surface area (Å²) in [4.78, 5) is 7.35. The van der Waals surface area contributed by atoms with Gasteiger partial charge in [0.15, 0.2) is 0 Å². The number of hydrogen-bond acceptors (Lipinski definition) is 4. The van der Waals surface area contributed by atoms with Gasteiger partial charge in [0.1, 0.15) is 0 Å². The topological polar surface area (TPSA) is 33.3 Å². The van der Waals surface area contributed by atoms with Crippen LogP contribution in [0.25, 0.3) is 0 Å². The minimum atomic E-state index is 0.958. The van der Waals surface area contributed by atoms with E-state index in [2.05, 4.69) is 41.1 Å². The molecule has 2 aromatic rings. The quantitative estimate of drug-likeness (QED) is 0.670. The van der Waals surface area contributed by atoms with E-state index in [1.165, 1.54) is 9.79 Å². The monoisotopic (exact) mass is 244 g/mol. The van der Waals surface area contributed by atoms with Gasteiger partial charge in [-0.3, -0.25) is 10.3 Å². The highest BCUT2D eigenvalue weighted by atomic mass is 32.2. The van der Waals surface area contributed by atoms with Crippen molar-refractivity contribution in [3.05, 3.63) is 42.5 Å². The molecule has 3 nitrogen and oxygen atoms in total. The van der Waals surface area contributed by atoms with Crippen LogP contribution in [0.3, 0.4) is 0 Å². The molecule has 1 aliphatic heterocycles. The van der Waals surface area contributed by atoms with E-state index in [1.54, 1.807) is 18.9 Å². The third-order valence-corrected chi connectivity index (χ3v) is 3.71. The third kappa shape index (κ3) is 1.97. The summed E-state index contributed by atoms with van der Waals surface area (Å²) >= 11 is 1.76. The molecule has 0 fully saturated rings. The van der Waals surface area contributed by atoms with E-state index in [1.807, 2.05) is 12.1 Å². The summed E-state index contributed by atoms with van der Waals surface area (Å²) < 4.78 is 0. The Labute approximate surface area is 104 Å². The fourth-order valence-corrected chi connectivity index (χ4v) is 2.84. The van der Waals surface area contributed by atoms with Gasteiger partial charge >= 0.3 is 0 Å². The van der Waals surface area contributed by atoms with Crippen molar-refractivity contribution in [1.82, 2.24) is 0 Å². The molecule has 4 heteroatoms. The van der Waals surface area contributed by atoms with Gasteiger partial charge in [-0.25, -0.2) is 0 Å². The van der Waals surface area contributed by atoms with Gasteiger partial charge < -0.3 is 5.32 Å². The van der Waals surface area contributed by atoms with Crippen molar-refractivity contribution >= 4 is 28.8 Å². The van der Waals surface area contributed by atoms with Crippen LogP contribution in [0.5, 0.6) is 0 Å². The number of hydrogen-bond donors (Lipinski definition) is 2. The van der Waals surface area contributed by atoms with Gasteiger partial charge in [0.05, 0.1) is 24.2 Å². The van der Waals surface area contributed by atoms with Crippen molar-refractivity contribution in [2.24, 2.45) is 0 Å². The Morgan fingerprint density at radius 2 is 1.88 bits per heavy atom. The molecule has 0 atom stereocenters. The van der Waals surface area contributed by atoms with E-state index in [4.69, 9.17) is 4.84 Å². The van der Waals surface area contributed by atoms with E-state index in [-0.39, 0.29) is 0 Å². The van der Waals surface area contributed by atoms with Crippen LogP contribution in [-0.4, -0.2) is 7.11 Å². The highest BCUT2D eigenvalue weighted by molar-refractivity contribution is 7.99. The van der Waals surface area contributed by atoms with E-state index in [9.17, 15) is 0 Å². The molecule has 0 aromatic heterocycles. The zero-order chi connectivity index (χ0) is 11.7. The standard InChI is InChI=1S/C13H12N2OS/c1-16-15-9-6-7-11-13(8-9)17-12-5-3-2-4-10(12)14-11/h2-8,14-15H,1H3. The lowest BCUT2D eigenvalue weighted by Gasteiger charge is -2.21. The molecule has 1 heterocycles. The zero-order valence-electron chi connectivity index (χ0n) is 9.36. The fourth-order valence-electron chi connectivity index (χ4n) is 1.81. The Bertz CT molecular complexity index is 557. The van der Waals surface area contributed by atoms with Crippen LogP contribution in [0.15, 0.2) is 52.3 Å². The summed E-state index contributed by atoms with van der Waals surface area (Å²) in [6, 6.07) is 14.4. The molecule has 0 bridgehead atoms. The van der Waals surface area contributed by atoms with Crippen LogP contribution >= 0.6 is 11.8 Å². The van der Waals surface area contributed by atoms with Crippen LogP contribution in [0.2, 0.25) is 0 Å². The van der Waals surface area contributed by atoms with Gasteiger partial charge in [0.2, 0.25) is 0 Å². The molecular formula is C13H12N2OS. The summed E-state index contributed by atoms with van der Waals surface area (Å²) in [6.45, 7) is 0. The summed E-state index contributed by atoms with van der Waals surface area (Å²) in [7, 11) is 1.61.